The summed E-state index contributed by atoms with van der Waals surface area (Å²) in [5.74, 6) is 0.748. The zero-order chi connectivity index (χ0) is 15.1. The number of allylic oxidation sites excluding steroid dienone is 1. The Labute approximate surface area is 121 Å². The monoisotopic (exact) mass is 286 g/mol. The van der Waals surface area contributed by atoms with Crippen LogP contribution >= 0.6 is 0 Å². The quantitative estimate of drug-likeness (QED) is 0.316. The van der Waals surface area contributed by atoms with Crippen molar-refractivity contribution >= 4 is 8.32 Å². The standard InChI is InChI=1S/C16H34O2Si/c1-9-10-11-12-13-15(17-14(2)3)18-19(7,8)16(4,5)6/h13-14H,9-12H2,1-8H3/b15-13+. The zero-order valence-corrected chi connectivity index (χ0v) is 15.3. The van der Waals surface area contributed by atoms with Crippen LogP contribution in [0.2, 0.25) is 18.1 Å². The summed E-state index contributed by atoms with van der Waals surface area (Å²) in [5, 5.41) is 0.204. The maximum atomic E-state index is 6.27. The Bertz CT molecular complexity index is 275. The summed E-state index contributed by atoms with van der Waals surface area (Å²) in [6.45, 7) is 17.6. The fourth-order valence-electron chi connectivity index (χ4n) is 1.36. The summed E-state index contributed by atoms with van der Waals surface area (Å²) in [6.07, 6.45) is 7.08. The first kappa shape index (κ1) is 18.6. The average Bonchev–Trinajstić information content (AvgIpc) is 2.21. The van der Waals surface area contributed by atoms with Crippen LogP contribution in [0.3, 0.4) is 0 Å². The molecule has 0 unspecified atom stereocenters. The molecule has 0 saturated heterocycles. The summed E-state index contributed by atoms with van der Waals surface area (Å²) in [5.41, 5.74) is 0. The second-order valence-electron chi connectivity index (χ2n) is 7.05. The lowest BCUT2D eigenvalue weighted by atomic mass is 10.2. The van der Waals surface area contributed by atoms with Gasteiger partial charge >= 0.3 is 0 Å². The molecule has 114 valence electrons. The molecule has 0 aliphatic heterocycles. The lowest BCUT2D eigenvalue weighted by Gasteiger charge is -2.37. The van der Waals surface area contributed by atoms with E-state index in [1.165, 1.54) is 19.3 Å². The van der Waals surface area contributed by atoms with E-state index in [2.05, 4.69) is 60.7 Å². The van der Waals surface area contributed by atoms with Gasteiger partial charge in [-0.05, 0) is 50.9 Å². The van der Waals surface area contributed by atoms with E-state index in [9.17, 15) is 0 Å². The van der Waals surface area contributed by atoms with Crippen molar-refractivity contribution in [3.63, 3.8) is 0 Å². The van der Waals surface area contributed by atoms with E-state index in [-0.39, 0.29) is 11.1 Å². The maximum Gasteiger partial charge on any atom is 0.261 e. The molecule has 0 aromatic rings. The number of ether oxygens (including phenoxy) is 1. The Balaban J connectivity index is 4.67. The molecule has 0 aliphatic carbocycles. The smallest absolute Gasteiger partial charge is 0.261 e. The van der Waals surface area contributed by atoms with Crippen molar-refractivity contribution in [1.82, 2.24) is 0 Å². The number of hydrogen-bond donors (Lipinski definition) is 0. The summed E-state index contributed by atoms with van der Waals surface area (Å²) >= 11 is 0. The molecule has 0 rings (SSSR count). The molecule has 0 aromatic carbocycles. The van der Waals surface area contributed by atoms with Gasteiger partial charge < -0.3 is 9.16 Å². The highest BCUT2D eigenvalue weighted by atomic mass is 28.4. The van der Waals surface area contributed by atoms with Crippen molar-refractivity contribution in [3.8, 4) is 0 Å². The van der Waals surface area contributed by atoms with Crippen molar-refractivity contribution in [2.75, 3.05) is 0 Å². The van der Waals surface area contributed by atoms with E-state index in [0.29, 0.717) is 0 Å². The largest absolute Gasteiger partial charge is 0.519 e. The molecule has 0 saturated carbocycles. The summed E-state index contributed by atoms with van der Waals surface area (Å²) < 4.78 is 12.1. The highest BCUT2D eigenvalue weighted by Crippen LogP contribution is 2.38. The lowest BCUT2D eigenvalue weighted by molar-refractivity contribution is 0.0558. The Morgan fingerprint density at radius 3 is 2.16 bits per heavy atom. The van der Waals surface area contributed by atoms with E-state index < -0.39 is 8.32 Å². The van der Waals surface area contributed by atoms with Crippen molar-refractivity contribution in [2.45, 2.75) is 91.5 Å². The van der Waals surface area contributed by atoms with Gasteiger partial charge in [-0.2, -0.15) is 0 Å². The molecule has 0 aliphatic rings. The van der Waals surface area contributed by atoms with Crippen LogP contribution in [0.15, 0.2) is 12.0 Å². The van der Waals surface area contributed by atoms with Crippen molar-refractivity contribution < 1.29 is 9.16 Å². The van der Waals surface area contributed by atoms with Crippen LogP contribution in [0.1, 0.15) is 67.2 Å². The molecule has 0 bridgehead atoms. The summed E-state index contributed by atoms with van der Waals surface area (Å²) in [4.78, 5) is 0. The highest BCUT2D eigenvalue weighted by molar-refractivity contribution is 6.74. The lowest BCUT2D eigenvalue weighted by Crippen LogP contribution is -2.41. The van der Waals surface area contributed by atoms with Crippen LogP contribution in [0, 0.1) is 0 Å². The molecular weight excluding hydrogens is 252 g/mol. The van der Waals surface area contributed by atoms with E-state index in [1.807, 2.05) is 0 Å². The number of rotatable bonds is 8. The third kappa shape index (κ3) is 7.66. The van der Waals surface area contributed by atoms with Gasteiger partial charge in [0.2, 0.25) is 0 Å². The van der Waals surface area contributed by atoms with Gasteiger partial charge in [0.15, 0.2) is 0 Å². The predicted molar refractivity (Wildman–Crippen MR) is 86.7 cm³/mol. The molecule has 19 heavy (non-hydrogen) atoms. The normalized spacial score (nSPS) is 13.8. The second kappa shape index (κ2) is 7.98. The summed E-state index contributed by atoms with van der Waals surface area (Å²) in [6, 6.07) is 0. The van der Waals surface area contributed by atoms with Crippen molar-refractivity contribution in [1.29, 1.82) is 0 Å². The van der Waals surface area contributed by atoms with E-state index in [1.54, 1.807) is 0 Å². The van der Waals surface area contributed by atoms with Gasteiger partial charge in [-0.3, -0.25) is 0 Å². The van der Waals surface area contributed by atoms with Crippen LogP contribution in [0.5, 0.6) is 0 Å². The molecule has 0 radical (unpaired) electrons. The van der Waals surface area contributed by atoms with Gasteiger partial charge in [-0.1, -0.05) is 40.5 Å². The van der Waals surface area contributed by atoms with E-state index in [0.717, 1.165) is 12.4 Å². The third-order valence-corrected chi connectivity index (χ3v) is 7.96. The molecule has 0 fully saturated rings. The van der Waals surface area contributed by atoms with Crippen LogP contribution < -0.4 is 0 Å². The Morgan fingerprint density at radius 1 is 1.16 bits per heavy atom. The van der Waals surface area contributed by atoms with E-state index >= 15 is 0 Å². The van der Waals surface area contributed by atoms with Gasteiger partial charge in [0, 0.05) is 0 Å². The van der Waals surface area contributed by atoms with Gasteiger partial charge in [0.1, 0.15) is 0 Å². The van der Waals surface area contributed by atoms with Crippen molar-refractivity contribution in [2.24, 2.45) is 0 Å². The SMILES string of the molecule is CCCCC/C=C(\OC(C)C)O[Si](C)(C)C(C)(C)C. The Kier molecular flexibility index (Phi) is 7.79. The van der Waals surface area contributed by atoms with Crippen LogP contribution in [-0.2, 0) is 9.16 Å². The minimum Gasteiger partial charge on any atom is -0.519 e. The van der Waals surface area contributed by atoms with Gasteiger partial charge in [-0.25, -0.2) is 0 Å². The first-order chi connectivity index (χ1) is 8.60. The number of unbranched alkanes of at least 4 members (excludes halogenated alkanes) is 3. The van der Waals surface area contributed by atoms with Crippen LogP contribution in [-0.4, -0.2) is 14.4 Å². The molecule has 2 nitrogen and oxygen atoms in total. The minimum atomic E-state index is -1.80. The van der Waals surface area contributed by atoms with Gasteiger partial charge in [-0.15, -0.1) is 0 Å². The topological polar surface area (TPSA) is 18.5 Å². The van der Waals surface area contributed by atoms with Crippen LogP contribution in [0.4, 0.5) is 0 Å². The van der Waals surface area contributed by atoms with Crippen molar-refractivity contribution in [3.05, 3.63) is 12.0 Å². The van der Waals surface area contributed by atoms with Crippen LogP contribution in [0.25, 0.3) is 0 Å². The average molecular weight is 287 g/mol. The van der Waals surface area contributed by atoms with Gasteiger partial charge in [0.25, 0.3) is 14.3 Å². The first-order valence-corrected chi connectivity index (χ1v) is 10.6. The fourth-order valence-corrected chi connectivity index (χ4v) is 2.31. The third-order valence-electron chi connectivity index (χ3n) is 3.63. The highest BCUT2D eigenvalue weighted by Gasteiger charge is 2.39. The Morgan fingerprint density at radius 2 is 1.74 bits per heavy atom. The number of hydrogen-bond acceptors (Lipinski definition) is 2. The zero-order valence-electron chi connectivity index (χ0n) is 14.3. The molecule has 0 atom stereocenters. The molecule has 3 heteroatoms. The molecule has 0 heterocycles. The minimum absolute atomic E-state index is 0.169. The molecule has 0 aromatic heterocycles. The molecule has 0 amide bonds. The van der Waals surface area contributed by atoms with E-state index in [4.69, 9.17) is 9.16 Å². The fraction of sp³-hybridized carbons (Fsp3) is 0.875. The second-order valence-corrected chi connectivity index (χ2v) is 11.8. The first-order valence-electron chi connectivity index (χ1n) is 7.66. The molecular formula is C16H34O2Si. The Hall–Kier alpha value is -0.443. The molecule has 0 N–H and O–H groups in total. The predicted octanol–water partition coefficient (Wildman–Crippen LogP) is 5.85. The van der Waals surface area contributed by atoms with Gasteiger partial charge in [0.05, 0.1) is 6.10 Å². The molecule has 0 spiro atoms. The summed E-state index contributed by atoms with van der Waals surface area (Å²) in [7, 11) is -1.80. The maximum absolute atomic E-state index is 6.27.